The molecule has 0 amide bonds. The van der Waals surface area contributed by atoms with Crippen molar-refractivity contribution < 1.29 is 19.1 Å². The summed E-state index contributed by atoms with van der Waals surface area (Å²) in [5.41, 5.74) is -0.511. The Morgan fingerprint density at radius 3 is 2.68 bits per heavy atom. The number of rotatable bonds is 1. The maximum atomic E-state index is 12.8. The van der Waals surface area contributed by atoms with Gasteiger partial charge in [-0.05, 0) is 56.4 Å². The van der Waals surface area contributed by atoms with E-state index in [4.69, 9.17) is 20.8 Å². The third kappa shape index (κ3) is 2.26. The SMILES string of the molecule is C[C@]12C[C@@H](c3ccoc3)OC(=O)[C@@H]1CC[C@]1(C)[C@@H]2CC[C@H](Cl)[C@@]1(C)O. The number of carbonyl (C=O) groups is 1. The van der Waals surface area contributed by atoms with E-state index in [9.17, 15) is 9.90 Å². The highest BCUT2D eigenvalue weighted by atomic mass is 35.5. The monoisotopic (exact) mass is 366 g/mol. The van der Waals surface area contributed by atoms with Gasteiger partial charge >= 0.3 is 5.97 Å². The standard InChI is InChI=1S/C20H27ClO4/c1-18-10-14(12-7-9-24-11-12)25-17(22)13(18)6-8-19(2)15(18)4-5-16(21)20(19,3)23/h7,9,11,13-16,23H,4-6,8,10H2,1-3H3/t13-,14-,15+,16-,18-,19+,20+/m0/s1. The van der Waals surface area contributed by atoms with Crippen molar-refractivity contribution in [3.63, 3.8) is 0 Å². The van der Waals surface area contributed by atoms with E-state index in [1.165, 1.54) is 0 Å². The lowest BCUT2D eigenvalue weighted by Gasteiger charge is -2.64. The lowest BCUT2D eigenvalue weighted by Crippen LogP contribution is -2.65. The molecular weight excluding hydrogens is 340 g/mol. The highest BCUT2D eigenvalue weighted by Gasteiger charge is 2.66. The van der Waals surface area contributed by atoms with Crippen LogP contribution in [0, 0.1) is 22.7 Å². The molecule has 1 aromatic rings. The van der Waals surface area contributed by atoms with Gasteiger partial charge in [0, 0.05) is 11.0 Å². The zero-order valence-electron chi connectivity index (χ0n) is 15.1. The number of carbonyl (C=O) groups excluding carboxylic acids is 1. The van der Waals surface area contributed by atoms with Crippen molar-refractivity contribution in [3.05, 3.63) is 24.2 Å². The maximum Gasteiger partial charge on any atom is 0.310 e. The van der Waals surface area contributed by atoms with Crippen molar-refractivity contribution >= 4 is 17.6 Å². The number of esters is 1. The molecule has 4 rings (SSSR count). The van der Waals surface area contributed by atoms with Gasteiger partial charge in [-0.1, -0.05) is 13.8 Å². The van der Waals surface area contributed by atoms with Crippen LogP contribution in [0.3, 0.4) is 0 Å². The Hall–Kier alpha value is -1.00. The summed E-state index contributed by atoms with van der Waals surface area (Å²) in [7, 11) is 0. The average Bonchev–Trinajstić information content (AvgIpc) is 3.06. The van der Waals surface area contributed by atoms with Crippen molar-refractivity contribution in [3.8, 4) is 0 Å². The minimum absolute atomic E-state index is 0.101. The summed E-state index contributed by atoms with van der Waals surface area (Å²) in [6.07, 6.45) is 7.06. The van der Waals surface area contributed by atoms with Crippen LogP contribution in [0.25, 0.3) is 0 Å². The van der Waals surface area contributed by atoms with Gasteiger partial charge in [0.2, 0.25) is 0 Å². The van der Waals surface area contributed by atoms with Gasteiger partial charge in [-0.3, -0.25) is 4.79 Å². The Labute approximate surface area is 153 Å². The van der Waals surface area contributed by atoms with E-state index in [1.54, 1.807) is 12.5 Å². The maximum absolute atomic E-state index is 12.8. The molecule has 3 fully saturated rings. The van der Waals surface area contributed by atoms with Crippen LogP contribution in [0.15, 0.2) is 23.0 Å². The van der Waals surface area contributed by atoms with Crippen LogP contribution < -0.4 is 0 Å². The third-order valence-electron chi connectivity index (χ3n) is 7.87. The second-order valence-corrected chi connectivity index (χ2v) is 9.47. The summed E-state index contributed by atoms with van der Waals surface area (Å²) < 4.78 is 11.0. The average molecular weight is 367 g/mol. The molecule has 138 valence electrons. The van der Waals surface area contributed by atoms with Gasteiger partial charge in [0.25, 0.3) is 0 Å². The Bertz CT molecular complexity index is 669. The first-order chi connectivity index (χ1) is 11.7. The Balaban J connectivity index is 1.74. The number of hydrogen-bond acceptors (Lipinski definition) is 4. The summed E-state index contributed by atoms with van der Waals surface area (Å²) in [4.78, 5) is 12.8. The molecule has 2 saturated carbocycles. The summed E-state index contributed by atoms with van der Waals surface area (Å²) in [5, 5.41) is 11.0. The number of hydrogen-bond donors (Lipinski definition) is 1. The van der Waals surface area contributed by atoms with Crippen LogP contribution in [0.5, 0.6) is 0 Å². The lowest BCUT2D eigenvalue weighted by atomic mass is 9.43. The van der Waals surface area contributed by atoms with Gasteiger partial charge in [-0.2, -0.15) is 0 Å². The lowest BCUT2D eigenvalue weighted by molar-refractivity contribution is -0.224. The fourth-order valence-electron chi connectivity index (χ4n) is 6.10. The van der Waals surface area contributed by atoms with Gasteiger partial charge < -0.3 is 14.3 Å². The predicted octanol–water partition coefficient (Wildman–Crippen LogP) is 4.46. The highest BCUT2D eigenvalue weighted by Crippen LogP contribution is 2.67. The Morgan fingerprint density at radius 2 is 2.00 bits per heavy atom. The number of ether oxygens (including phenoxy) is 1. The molecule has 5 heteroatoms. The van der Waals surface area contributed by atoms with Gasteiger partial charge in [0.15, 0.2) is 0 Å². The van der Waals surface area contributed by atoms with Crippen molar-refractivity contribution in [1.29, 1.82) is 0 Å². The van der Waals surface area contributed by atoms with E-state index >= 15 is 0 Å². The molecule has 1 aromatic heterocycles. The second kappa shape index (κ2) is 5.50. The quantitative estimate of drug-likeness (QED) is 0.589. The third-order valence-corrected chi connectivity index (χ3v) is 8.51. The Morgan fingerprint density at radius 1 is 1.24 bits per heavy atom. The molecule has 1 saturated heterocycles. The molecule has 3 aliphatic rings. The van der Waals surface area contributed by atoms with E-state index in [-0.39, 0.29) is 40.1 Å². The molecule has 25 heavy (non-hydrogen) atoms. The van der Waals surface area contributed by atoms with Gasteiger partial charge in [0.1, 0.15) is 6.10 Å². The fraction of sp³-hybridized carbons (Fsp3) is 0.750. The molecule has 0 radical (unpaired) electrons. The summed E-state index contributed by atoms with van der Waals surface area (Å²) >= 11 is 6.52. The van der Waals surface area contributed by atoms with Crippen molar-refractivity contribution in [2.24, 2.45) is 22.7 Å². The van der Waals surface area contributed by atoms with Crippen LogP contribution in [-0.2, 0) is 9.53 Å². The smallest absolute Gasteiger partial charge is 0.310 e. The molecule has 1 aliphatic heterocycles. The van der Waals surface area contributed by atoms with Crippen molar-refractivity contribution in [2.75, 3.05) is 0 Å². The topological polar surface area (TPSA) is 59.7 Å². The fourth-order valence-corrected chi connectivity index (χ4v) is 6.48. The number of aliphatic hydroxyl groups is 1. The van der Waals surface area contributed by atoms with E-state index in [2.05, 4.69) is 13.8 Å². The summed E-state index contributed by atoms with van der Waals surface area (Å²) in [5.74, 6) is 0.0389. The summed E-state index contributed by atoms with van der Waals surface area (Å²) in [6.45, 7) is 6.27. The highest BCUT2D eigenvalue weighted by molar-refractivity contribution is 6.21. The molecule has 0 unspecified atom stereocenters. The van der Waals surface area contributed by atoms with E-state index in [1.807, 2.05) is 13.0 Å². The normalized spacial score (nSPS) is 49.9. The minimum Gasteiger partial charge on any atom is -0.472 e. The van der Waals surface area contributed by atoms with Crippen molar-refractivity contribution in [1.82, 2.24) is 0 Å². The van der Waals surface area contributed by atoms with Crippen LogP contribution in [-0.4, -0.2) is 22.1 Å². The zero-order chi connectivity index (χ0) is 18.0. The van der Waals surface area contributed by atoms with Crippen molar-refractivity contribution in [2.45, 2.75) is 70.0 Å². The Kier molecular flexibility index (Phi) is 3.83. The molecule has 2 heterocycles. The number of furan rings is 1. The molecule has 2 aliphatic carbocycles. The van der Waals surface area contributed by atoms with E-state index in [0.29, 0.717) is 0 Å². The van der Waals surface area contributed by atoms with E-state index in [0.717, 1.165) is 37.7 Å². The molecular formula is C20H27ClO4. The number of alkyl halides is 1. The van der Waals surface area contributed by atoms with Crippen LogP contribution >= 0.6 is 11.6 Å². The summed E-state index contributed by atoms with van der Waals surface area (Å²) in [6, 6.07) is 1.87. The van der Waals surface area contributed by atoms with Gasteiger partial charge in [-0.15, -0.1) is 11.6 Å². The van der Waals surface area contributed by atoms with Gasteiger partial charge in [0.05, 0.1) is 29.4 Å². The zero-order valence-corrected chi connectivity index (χ0v) is 15.9. The molecule has 4 nitrogen and oxygen atoms in total. The number of cyclic esters (lactones) is 1. The second-order valence-electron chi connectivity index (χ2n) is 8.95. The molecule has 0 bridgehead atoms. The number of halogens is 1. The molecule has 1 N–H and O–H groups in total. The van der Waals surface area contributed by atoms with E-state index < -0.39 is 5.60 Å². The van der Waals surface area contributed by atoms with Gasteiger partial charge in [-0.25, -0.2) is 0 Å². The minimum atomic E-state index is -0.933. The predicted molar refractivity (Wildman–Crippen MR) is 94.1 cm³/mol. The first kappa shape index (κ1) is 17.4. The van der Waals surface area contributed by atoms with Crippen LogP contribution in [0.2, 0.25) is 0 Å². The number of fused-ring (bicyclic) bond motifs is 3. The van der Waals surface area contributed by atoms with Crippen LogP contribution in [0.4, 0.5) is 0 Å². The largest absolute Gasteiger partial charge is 0.472 e. The molecule has 0 aromatic carbocycles. The van der Waals surface area contributed by atoms with Crippen LogP contribution in [0.1, 0.15) is 64.5 Å². The first-order valence-electron chi connectivity index (χ1n) is 9.29. The molecule has 0 spiro atoms. The molecule has 7 atom stereocenters. The first-order valence-corrected chi connectivity index (χ1v) is 9.73.